The maximum atomic E-state index is 15.5. The van der Waals surface area contributed by atoms with E-state index in [1.54, 1.807) is 37.2 Å². The summed E-state index contributed by atoms with van der Waals surface area (Å²) in [5.41, 5.74) is 6.98. The van der Waals surface area contributed by atoms with Crippen molar-refractivity contribution in [1.82, 2.24) is 24.5 Å². The zero-order valence-corrected chi connectivity index (χ0v) is 20.3. The summed E-state index contributed by atoms with van der Waals surface area (Å²) in [5, 5.41) is 9.64. The van der Waals surface area contributed by atoms with Crippen molar-refractivity contribution in [2.45, 2.75) is 25.1 Å². The molecule has 0 fully saturated rings. The second-order valence-electron chi connectivity index (χ2n) is 9.37. The molecule has 0 aliphatic heterocycles. The summed E-state index contributed by atoms with van der Waals surface area (Å²) in [6.45, 7) is 0. The Morgan fingerprint density at radius 1 is 1.13 bits per heavy atom. The van der Waals surface area contributed by atoms with E-state index in [0.29, 0.717) is 40.3 Å². The Balaban J connectivity index is 1.50. The standard InChI is InChI=1S/C26H21F4N7O/c1-35-8-7-22(34-35)37(21-6-3-13-9-14(26(28,29)30)4-5-15(13)21)25(38)16-10-17-20(11-19(16)27)33-24(31)18-12-32-36(2)23(17)18/h4-5,7-12,21H,3,6H2,1-2H3,(H2,31,33)/t21-/m1/s1. The molecule has 1 atom stereocenters. The predicted octanol–water partition coefficient (Wildman–Crippen LogP) is 4.93. The van der Waals surface area contributed by atoms with Crippen molar-refractivity contribution in [1.29, 1.82) is 0 Å². The highest BCUT2D eigenvalue weighted by atomic mass is 19.4. The fraction of sp³-hybridized carbons (Fsp3) is 0.231. The summed E-state index contributed by atoms with van der Waals surface area (Å²) in [4.78, 5) is 19.7. The summed E-state index contributed by atoms with van der Waals surface area (Å²) in [6.07, 6.45) is -0.599. The number of rotatable bonds is 3. The quantitative estimate of drug-likeness (QED) is 0.339. The van der Waals surface area contributed by atoms with E-state index < -0.39 is 29.5 Å². The van der Waals surface area contributed by atoms with Gasteiger partial charge in [0.15, 0.2) is 5.82 Å². The summed E-state index contributed by atoms with van der Waals surface area (Å²) in [5.74, 6) is -1.03. The summed E-state index contributed by atoms with van der Waals surface area (Å²) in [7, 11) is 3.38. The molecule has 3 aromatic heterocycles. The SMILES string of the molecule is Cn1ccc(N(C(=O)c2cc3c(cc2F)nc(N)c2cnn(C)c23)[C@@H]2CCc3cc(C(F)(F)F)ccc32)n1. The van der Waals surface area contributed by atoms with E-state index in [1.807, 2.05) is 0 Å². The van der Waals surface area contributed by atoms with Crippen molar-refractivity contribution in [3.63, 3.8) is 0 Å². The molecule has 3 heterocycles. The Bertz CT molecular complexity index is 1750. The lowest BCUT2D eigenvalue weighted by atomic mass is 10.0. The van der Waals surface area contributed by atoms with Crippen LogP contribution >= 0.6 is 0 Å². The van der Waals surface area contributed by atoms with Crippen molar-refractivity contribution in [3.05, 3.63) is 76.9 Å². The maximum absolute atomic E-state index is 15.5. The first-order valence-electron chi connectivity index (χ1n) is 11.8. The third-order valence-corrected chi connectivity index (χ3v) is 7.02. The number of nitrogens with zero attached hydrogens (tertiary/aromatic N) is 6. The molecular weight excluding hydrogens is 502 g/mol. The predicted molar refractivity (Wildman–Crippen MR) is 133 cm³/mol. The fourth-order valence-corrected chi connectivity index (χ4v) is 5.25. The molecule has 0 radical (unpaired) electrons. The van der Waals surface area contributed by atoms with Crippen LogP contribution in [0.2, 0.25) is 0 Å². The van der Waals surface area contributed by atoms with Gasteiger partial charge in [-0.25, -0.2) is 9.37 Å². The van der Waals surface area contributed by atoms with Crippen molar-refractivity contribution < 1.29 is 22.4 Å². The lowest BCUT2D eigenvalue weighted by Gasteiger charge is -2.28. The Kier molecular flexibility index (Phi) is 5.20. The average molecular weight is 523 g/mol. The van der Waals surface area contributed by atoms with Gasteiger partial charge in [-0.2, -0.15) is 23.4 Å². The highest BCUT2D eigenvalue weighted by Crippen LogP contribution is 2.42. The molecule has 0 saturated heterocycles. The van der Waals surface area contributed by atoms with Gasteiger partial charge in [-0.3, -0.25) is 19.1 Å². The van der Waals surface area contributed by atoms with Gasteiger partial charge in [0.2, 0.25) is 0 Å². The molecule has 2 N–H and O–H groups in total. The molecular formula is C26H21F4N7O. The molecule has 2 aromatic carbocycles. The minimum absolute atomic E-state index is 0.190. The van der Waals surface area contributed by atoms with Gasteiger partial charge in [0.05, 0.1) is 39.8 Å². The monoisotopic (exact) mass is 523 g/mol. The third kappa shape index (κ3) is 3.66. The largest absolute Gasteiger partial charge is 0.416 e. The van der Waals surface area contributed by atoms with Crippen LogP contribution in [0.4, 0.5) is 29.2 Å². The number of aryl methyl sites for hydroxylation is 3. The van der Waals surface area contributed by atoms with Gasteiger partial charge in [0.1, 0.15) is 11.6 Å². The number of benzene rings is 2. The summed E-state index contributed by atoms with van der Waals surface area (Å²) in [6, 6.07) is 7.06. The lowest BCUT2D eigenvalue weighted by molar-refractivity contribution is -0.137. The number of alkyl halides is 3. The van der Waals surface area contributed by atoms with Gasteiger partial charge >= 0.3 is 6.18 Å². The van der Waals surface area contributed by atoms with Crippen molar-refractivity contribution >= 4 is 39.3 Å². The summed E-state index contributed by atoms with van der Waals surface area (Å²) < 4.78 is 58.5. The Morgan fingerprint density at radius 3 is 2.63 bits per heavy atom. The number of hydrogen-bond donors (Lipinski definition) is 1. The van der Waals surface area contributed by atoms with Gasteiger partial charge in [0, 0.05) is 37.8 Å². The molecule has 194 valence electrons. The normalized spacial score (nSPS) is 15.4. The minimum atomic E-state index is -4.48. The minimum Gasteiger partial charge on any atom is -0.383 e. The first-order chi connectivity index (χ1) is 18.0. The number of fused-ring (bicyclic) bond motifs is 4. The van der Waals surface area contributed by atoms with Gasteiger partial charge in [0.25, 0.3) is 5.91 Å². The highest BCUT2D eigenvalue weighted by molar-refractivity contribution is 6.13. The number of pyridine rings is 1. The van der Waals surface area contributed by atoms with Crippen LogP contribution in [0, 0.1) is 5.82 Å². The van der Waals surface area contributed by atoms with Crippen LogP contribution in [0.15, 0.2) is 48.8 Å². The number of nitrogen functional groups attached to an aromatic ring is 1. The van der Waals surface area contributed by atoms with E-state index in [0.717, 1.165) is 18.2 Å². The van der Waals surface area contributed by atoms with E-state index in [9.17, 15) is 18.0 Å². The fourth-order valence-electron chi connectivity index (χ4n) is 5.25. The Hall–Kier alpha value is -4.48. The molecule has 0 spiro atoms. The molecule has 0 saturated carbocycles. The first kappa shape index (κ1) is 23.9. The first-order valence-corrected chi connectivity index (χ1v) is 11.8. The van der Waals surface area contributed by atoms with Crippen molar-refractivity contribution in [2.75, 3.05) is 10.6 Å². The number of nitrogens with two attached hydrogens (primary N) is 1. The topological polar surface area (TPSA) is 94.9 Å². The molecule has 38 heavy (non-hydrogen) atoms. The molecule has 1 amide bonds. The zero-order valence-electron chi connectivity index (χ0n) is 20.3. The van der Waals surface area contributed by atoms with Crippen LogP contribution < -0.4 is 10.6 Å². The van der Waals surface area contributed by atoms with Crippen LogP contribution in [-0.2, 0) is 26.7 Å². The van der Waals surface area contributed by atoms with Crippen LogP contribution in [0.3, 0.4) is 0 Å². The maximum Gasteiger partial charge on any atom is 0.416 e. The molecule has 8 nitrogen and oxygen atoms in total. The molecule has 0 unspecified atom stereocenters. The smallest absolute Gasteiger partial charge is 0.383 e. The van der Waals surface area contributed by atoms with Gasteiger partial charge in [-0.05, 0) is 42.2 Å². The molecule has 6 rings (SSSR count). The van der Waals surface area contributed by atoms with Crippen LogP contribution in [0.25, 0.3) is 21.8 Å². The number of anilines is 2. The van der Waals surface area contributed by atoms with Crippen molar-refractivity contribution in [3.8, 4) is 0 Å². The number of halogens is 4. The molecule has 12 heteroatoms. The van der Waals surface area contributed by atoms with Gasteiger partial charge in [-0.15, -0.1) is 0 Å². The lowest BCUT2D eigenvalue weighted by Crippen LogP contribution is -2.35. The van der Waals surface area contributed by atoms with Crippen LogP contribution in [0.1, 0.15) is 39.5 Å². The van der Waals surface area contributed by atoms with Gasteiger partial charge in [-0.1, -0.05) is 6.07 Å². The van der Waals surface area contributed by atoms with E-state index in [2.05, 4.69) is 15.2 Å². The van der Waals surface area contributed by atoms with E-state index >= 15 is 4.39 Å². The Morgan fingerprint density at radius 2 is 1.92 bits per heavy atom. The van der Waals surface area contributed by atoms with Gasteiger partial charge < -0.3 is 5.73 Å². The molecule has 1 aliphatic rings. The number of aromatic nitrogens is 5. The summed E-state index contributed by atoms with van der Waals surface area (Å²) >= 11 is 0. The van der Waals surface area contributed by atoms with Crippen LogP contribution in [-0.4, -0.2) is 30.5 Å². The zero-order chi connectivity index (χ0) is 26.9. The number of carbonyl (C=O) groups is 1. The van der Waals surface area contributed by atoms with Crippen LogP contribution in [0.5, 0.6) is 0 Å². The third-order valence-electron chi connectivity index (χ3n) is 7.02. The molecule has 5 aromatic rings. The number of amides is 1. The van der Waals surface area contributed by atoms with E-state index in [-0.39, 0.29) is 22.7 Å². The second-order valence-corrected chi connectivity index (χ2v) is 9.37. The van der Waals surface area contributed by atoms with E-state index in [1.165, 1.54) is 21.7 Å². The Labute approximate surface area is 213 Å². The molecule has 1 aliphatic carbocycles. The molecule has 0 bridgehead atoms. The number of hydrogen-bond acceptors (Lipinski definition) is 5. The van der Waals surface area contributed by atoms with Crippen molar-refractivity contribution in [2.24, 2.45) is 14.1 Å². The average Bonchev–Trinajstić information content (AvgIpc) is 3.58. The second kappa shape index (κ2) is 8.27. The number of carbonyl (C=O) groups excluding carboxylic acids is 1. The highest BCUT2D eigenvalue weighted by Gasteiger charge is 2.38. The van der Waals surface area contributed by atoms with E-state index in [4.69, 9.17) is 5.73 Å².